The molecule has 2 aromatic rings. The third-order valence-electron chi connectivity index (χ3n) is 3.88. The molecule has 1 saturated carbocycles. The van der Waals surface area contributed by atoms with E-state index in [-0.39, 0.29) is 11.4 Å². The number of carbonyl (C=O) groups excluding carboxylic acids is 1. The Morgan fingerprint density at radius 1 is 1.43 bits per heavy atom. The van der Waals surface area contributed by atoms with Gasteiger partial charge in [-0.3, -0.25) is 4.79 Å². The van der Waals surface area contributed by atoms with E-state index in [1.165, 1.54) is 12.3 Å². The molecule has 0 saturated heterocycles. The minimum absolute atomic E-state index is 0.0456. The first-order valence-electron chi connectivity index (χ1n) is 6.90. The Morgan fingerprint density at radius 3 is 2.76 bits per heavy atom. The van der Waals surface area contributed by atoms with E-state index in [0.29, 0.717) is 28.9 Å². The van der Waals surface area contributed by atoms with Crippen molar-refractivity contribution in [3.8, 4) is 6.07 Å². The summed E-state index contributed by atoms with van der Waals surface area (Å²) in [5.41, 5.74) is 0.453. The Bertz CT molecular complexity index is 757. The van der Waals surface area contributed by atoms with Crippen molar-refractivity contribution in [1.29, 1.82) is 5.26 Å². The third kappa shape index (κ3) is 2.55. The van der Waals surface area contributed by atoms with Crippen molar-refractivity contribution in [1.82, 2.24) is 0 Å². The van der Waals surface area contributed by atoms with Gasteiger partial charge in [0.15, 0.2) is 0 Å². The second kappa shape index (κ2) is 5.10. The van der Waals surface area contributed by atoms with E-state index in [9.17, 15) is 10.1 Å². The maximum atomic E-state index is 12.3. The van der Waals surface area contributed by atoms with E-state index in [1.54, 1.807) is 19.1 Å². The first kappa shape index (κ1) is 13.4. The number of carbonyl (C=O) groups is 1. The molecule has 0 amide bonds. The summed E-state index contributed by atoms with van der Waals surface area (Å²) >= 11 is 0. The number of rotatable bonds is 4. The number of hydrogen-bond acceptors (Lipinski definition) is 4. The van der Waals surface area contributed by atoms with Crippen LogP contribution >= 0.6 is 0 Å². The van der Waals surface area contributed by atoms with Crippen LogP contribution in [0.5, 0.6) is 0 Å². The fraction of sp³-hybridized carbons (Fsp3) is 0.294. The van der Waals surface area contributed by atoms with Gasteiger partial charge in [-0.15, -0.1) is 0 Å². The van der Waals surface area contributed by atoms with Crippen molar-refractivity contribution in [2.24, 2.45) is 5.92 Å². The standard InChI is InChI=1S/C17H15NO3/c1-10-7-15(10)16-4-3-13(21-16)8-12(9-18)17(19)14-5-6-20-11(14)2/h3-6,8,10,15H,7H2,1-2H3/b12-8+/t10-,15-/m1/s1. The van der Waals surface area contributed by atoms with Crippen LogP contribution in [0.4, 0.5) is 0 Å². The first-order valence-corrected chi connectivity index (χ1v) is 6.90. The van der Waals surface area contributed by atoms with E-state index < -0.39 is 0 Å². The molecule has 4 heteroatoms. The maximum absolute atomic E-state index is 12.3. The monoisotopic (exact) mass is 281 g/mol. The second-order valence-corrected chi connectivity index (χ2v) is 5.45. The van der Waals surface area contributed by atoms with E-state index in [1.807, 2.05) is 12.1 Å². The van der Waals surface area contributed by atoms with Crippen molar-refractivity contribution in [2.45, 2.75) is 26.2 Å². The zero-order valence-electron chi connectivity index (χ0n) is 11.9. The maximum Gasteiger partial charge on any atom is 0.207 e. The molecule has 1 fully saturated rings. The van der Waals surface area contributed by atoms with Crippen LogP contribution in [0.2, 0.25) is 0 Å². The Hall–Kier alpha value is -2.54. The number of Topliss-reactive ketones (excluding diaryl/α,β-unsaturated/α-hetero) is 1. The lowest BCUT2D eigenvalue weighted by molar-refractivity contribution is 0.103. The van der Waals surface area contributed by atoms with Crippen LogP contribution in [0.3, 0.4) is 0 Å². The van der Waals surface area contributed by atoms with Crippen LogP contribution < -0.4 is 0 Å². The predicted octanol–water partition coefficient (Wildman–Crippen LogP) is 4.09. The van der Waals surface area contributed by atoms with Crippen molar-refractivity contribution in [3.63, 3.8) is 0 Å². The number of nitriles is 1. The molecule has 0 spiro atoms. The summed E-state index contributed by atoms with van der Waals surface area (Å²) in [6, 6.07) is 7.23. The number of nitrogens with zero attached hydrogens (tertiary/aromatic N) is 1. The molecule has 2 heterocycles. The van der Waals surface area contributed by atoms with E-state index in [2.05, 4.69) is 6.92 Å². The van der Waals surface area contributed by atoms with Crippen molar-refractivity contribution in [3.05, 3.63) is 52.9 Å². The molecule has 0 bridgehead atoms. The SMILES string of the molecule is Cc1occc1C(=O)/C(C#N)=C/c1ccc([C@@H]2C[C@H]2C)o1. The van der Waals surface area contributed by atoms with Gasteiger partial charge in [-0.25, -0.2) is 0 Å². The molecular formula is C17H15NO3. The summed E-state index contributed by atoms with van der Waals surface area (Å²) in [5, 5.41) is 9.21. The molecule has 1 aliphatic rings. The molecular weight excluding hydrogens is 266 g/mol. The van der Waals surface area contributed by atoms with Crippen LogP contribution in [0.25, 0.3) is 6.08 Å². The fourth-order valence-electron chi connectivity index (χ4n) is 2.42. The minimum atomic E-state index is -0.346. The predicted molar refractivity (Wildman–Crippen MR) is 76.6 cm³/mol. The molecule has 3 rings (SSSR count). The van der Waals surface area contributed by atoms with Crippen molar-refractivity contribution < 1.29 is 13.6 Å². The van der Waals surface area contributed by atoms with Gasteiger partial charge in [0.2, 0.25) is 5.78 Å². The van der Waals surface area contributed by atoms with Crippen molar-refractivity contribution in [2.75, 3.05) is 0 Å². The number of ketones is 1. The molecule has 0 unspecified atom stereocenters. The van der Waals surface area contributed by atoms with E-state index >= 15 is 0 Å². The second-order valence-electron chi connectivity index (χ2n) is 5.45. The minimum Gasteiger partial charge on any atom is -0.469 e. The first-order chi connectivity index (χ1) is 10.1. The molecule has 2 aromatic heterocycles. The quantitative estimate of drug-likeness (QED) is 0.481. The van der Waals surface area contributed by atoms with Crippen LogP contribution in [-0.2, 0) is 0 Å². The van der Waals surface area contributed by atoms with Gasteiger partial charge >= 0.3 is 0 Å². The Morgan fingerprint density at radius 2 is 2.19 bits per heavy atom. The van der Waals surface area contributed by atoms with E-state index in [4.69, 9.17) is 8.83 Å². The molecule has 0 N–H and O–H groups in total. The lowest BCUT2D eigenvalue weighted by atomic mass is 10.0. The summed E-state index contributed by atoms with van der Waals surface area (Å²) < 4.78 is 10.8. The zero-order valence-corrected chi connectivity index (χ0v) is 11.9. The molecule has 106 valence electrons. The summed E-state index contributed by atoms with van der Waals surface area (Å²) in [5.74, 6) is 2.76. The van der Waals surface area contributed by atoms with Crippen LogP contribution in [-0.4, -0.2) is 5.78 Å². The largest absolute Gasteiger partial charge is 0.469 e. The van der Waals surface area contributed by atoms with Crippen molar-refractivity contribution >= 4 is 11.9 Å². The van der Waals surface area contributed by atoms with Gasteiger partial charge in [0.1, 0.15) is 28.9 Å². The van der Waals surface area contributed by atoms with Gasteiger partial charge in [0, 0.05) is 12.0 Å². The van der Waals surface area contributed by atoms with E-state index in [0.717, 1.165) is 12.2 Å². The highest BCUT2D eigenvalue weighted by molar-refractivity contribution is 6.14. The Kier molecular flexibility index (Phi) is 3.26. The van der Waals surface area contributed by atoms with Gasteiger partial charge in [-0.05, 0) is 37.5 Å². The summed E-state index contributed by atoms with van der Waals surface area (Å²) in [6.45, 7) is 3.87. The smallest absolute Gasteiger partial charge is 0.207 e. The summed E-state index contributed by atoms with van der Waals surface area (Å²) in [6.07, 6.45) is 4.07. The van der Waals surface area contributed by atoms with Gasteiger partial charge < -0.3 is 8.83 Å². The lowest BCUT2D eigenvalue weighted by Crippen LogP contribution is -2.01. The molecule has 0 aliphatic heterocycles. The Balaban J connectivity index is 1.86. The average Bonchev–Trinajstić information content (AvgIpc) is 2.89. The highest BCUT2D eigenvalue weighted by Crippen LogP contribution is 2.47. The molecule has 0 aromatic carbocycles. The van der Waals surface area contributed by atoms with Gasteiger partial charge in [-0.2, -0.15) is 5.26 Å². The zero-order chi connectivity index (χ0) is 15.0. The third-order valence-corrected chi connectivity index (χ3v) is 3.88. The van der Waals surface area contributed by atoms with Crippen LogP contribution in [0.1, 0.15) is 46.9 Å². The normalized spacial score (nSPS) is 21.1. The molecule has 4 nitrogen and oxygen atoms in total. The number of aryl methyl sites for hydroxylation is 1. The number of allylic oxidation sites excluding steroid dienone is 1. The molecule has 21 heavy (non-hydrogen) atoms. The lowest BCUT2D eigenvalue weighted by Gasteiger charge is -1.96. The highest BCUT2D eigenvalue weighted by atomic mass is 16.3. The van der Waals surface area contributed by atoms with Crippen LogP contribution in [0.15, 0.2) is 38.9 Å². The van der Waals surface area contributed by atoms with Gasteiger partial charge in [0.05, 0.1) is 11.8 Å². The number of furan rings is 2. The molecule has 0 radical (unpaired) electrons. The average molecular weight is 281 g/mol. The fourth-order valence-corrected chi connectivity index (χ4v) is 2.42. The summed E-state index contributed by atoms with van der Waals surface area (Å²) in [7, 11) is 0. The molecule has 2 atom stereocenters. The summed E-state index contributed by atoms with van der Waals surface area (Å²) in [4.78, 5) is 12.3. The topological polar surface area (TPSA) is 67.1 Å². The molecule has 1 aliphatic carbocycles. The number of hydrogen-bond donors (Lipinski definition) is 0. The Labute approximate surface area is 122 Å². The van der Waals surface area contributed by atoms with Gasteiger partial charge in [-0.1, -0.05) is 6.92 Å². The van der Waals surface area contributed by atoms with Crippen LogP contribution in [0, 0.1) is 24.2 Å². The van der Waals surface area contributed by atoms with Gasteiger partial charge in [0.25, 0.3) is 0 Å². The highest BCUT2D eigenvalue weighted by Gasteiger charge is 2.36.